The van der Waals surface area contributed by atoms with Gasteiger partial charge in [-0.25, -0.2) is 17.5 Å². The van der Waals surface area contributed by atoms with Crippen molar-refractivity contribution in [3.63, 3.8) is 0 Å². The molecular weight excluding hydrogens is 307 g/mol. The molecule has 8 heteroatoms. The molecule has 0 aliphatic carbocycles. The fourth-order valence-electron chi connectivity index (χ4n) is 1.37. The number of nitrogens with two attached hydrogens (primary N) is 1. The minimum Gasteiger partial charge on any atom is -0.396 e. The van der Waals surface area contributed by atoms with Crippen LogP contribution in [0.15, 0.2) is 29.7 Å². The molecule has 0 aliphatic heterocycles. The Morgan fingerprint density at radius 1 is 1.45 bits per heavy atom. The lowest BCUT2D eigenvalue weighted by atomic mass is 10.3. The molecule has 20 heavy (non-hydrogen) atoms. The summed E-state index contributed by atoms with van der Waals surface area (Å²) < 4.78 is 44.9. The molecule has 0 unspecified atom stereocenters. The number of nitrogens with one attached hydrogen (secondary N) is 1. The largest absolute Gasteiger partial charge is 0.396 e. The van der Waals surface area contributed by atoms with Gasteiger partial charge in [0, 0.05) is 11.6 Å². The Morgan fingerprint density at radius 3 is 2.80 bits per heavy atom. The Morgan fingerprint density at radius 2 is 2.15 bits per heavy atom. The molecule has 0 amide bonds. The smallest absolute Gasteiger partial charge is 0.243 e. The van der Waals surface area contributed by atoms with Crippen molar-refractivity contribution in [2.24, 2.45) is 0 Å². The maximum atomic E-state index is 13.7. The fraction of sp³-hybridized carbons (Fsp3) is 0.333. The summed E-state index contributed by atoms with van der Waals surface area (Å²) in [6, 6.07) is 2.16. The molecule has 0 spiro atoms. The van der Waals surface area contributed by atoms with Crippen LogP contribution in [0.4, 0.5) is 10.1 Å². The van der Waals surface area contributed by atoms with Gasteiger partial charge in [0.2, 0.25) is 10.0 Å². The van der Waals surface area contributed by atoms with E-state index in [2.05, 4.69) is 11.3 Å². The standard InChI is InChI=1S/C12H16ClFN2O3S/c1-2-3-5-19-6-4-16-20(17,18)11-8-9(13)7-10(15)12(11)14/h2,7-8,16H,1,3-6,15H2. The van der Waals surface area contributed by atoms with Gasteiger partial charge in [0.05, 0.1) is 18.9 Å². The average Bonchev–Trinajstić information content (AvgIpc) is 2.37. The van der Waals surface area contributed by atoms with E-state index in [1.54, 1.807) is 6.08 Å². The van der Waals surface area contributed by atoms with Crippen LogP contribution in [0.25, 0.3) is 0 Å². The summed E-state index contributed by atoms with van der Waals surface area (Å²) in [5, 5.41) is 0.0477. The van der Waals surface area contributed by atoms with E-state index in [0.29, 0.717) is 13.0 Å². The van der Waals surface area contributed by atoms with Gasteiger partial charge < -0.3 is 10.5 Å². The zero-order chi connectivity index (χ0) is 15.2. The molecule has 0 saturated carbocycles. The van der Waals surface area contributed by atoms with E-state index in [1.807, 2.05) is 0 Å². The monoisotopic (exact) mass is 322 g/mol. The average molecular weight is 323 g/mol. The minimum absolute atomic E-state index is 0.0192. The number of hydrogen-bond donors (Lipinski definition) is 2. The molecule has 5 nitrogen and oxygen atoms in total. The molecule has 0 radical (unpaired) electrons. The van der Waals surface area contributed by atoms with Gasteiger partial charge in [-0.2, -0.15) is 0 Å². The van der Waals surface area contributed by atoms with Crippen LogP contribution in [0.3, 0.4) is 0 Å². The quantitative estimate of drug-likeness (QED) is 0.435. The fourth-order valence-corrected chi connectivity index (χ4v) is 2.81. The van der Waals surface area contributed by atoms with Gasteiger partial charge in [0.25, 0.3) is 0 Å². The van der Waals surface area contributed by atoms with Crippen molar-refractivity contribution in [3.8, 4) is 0 Å². The highest BCUT2D eigenvalue weighted by molar-refractivity contribution is 7.89. The van der Waals surface area contributed by atoms with Crippen molar-refractivity contribution >= 4 is 27.3 Å². The van der Waals surface area contributed by atoms with E-state index in [0.717, 1.165) is 12.1 Å². The van der Waals surface area contributed by atoms with E-state index >= 15 is 0 Å². The Bertz CT molecular complexity index is 578. The summed E-state index contributed by atoms with van der Waals surface area (Å²) in [5.74, 6) is -1.02. The topological polar surface area (TPSA) is 81.4 Å². The third-order valence-electron chi connectivity index (χ3n) is 2.33. The Kier molecular flexibility index (Phi) is 6.41. The van der Waals surface area contributed by atoms with Gasteiger partial charge in [0.1, 0.15) is 4.90 Å². The Labute approximate surface area is 122 Å². The second-order valence-electron chi connectivity index (χ2n) is 3.89. The van der Waals surface area contributed by atoms with E-state index in [1.165, 1.54) is 0 Å². The van der Waals surface area contributed by atoms with Crippen molar-refractivity contribution in [2.75, 3.05) is 25.5 Å². The van der Waals surface area contributed by atoms with Gasteiger partial charge in [-0.3, -0.25) is 0 Å². The molecule has 1 aromatic carbocycles. The summed E-state index contributed by atoms with van der Waals surface area (Å²) in [6.45, 7) is 4.16. The zero-order valence-electron chi connectivity index (χ0n) is 10.7. The Hall–Kier alpha value is -1.15. The van der Waals surface area contributed by atoms with Crippen LogP contribution in [0.1, 0.15) is 6.42 Å². The maximum absolute atomic E-state index is 13.7. The predicted octanol–water partition coefficient (Wildman–Crippen LogP) is 1.93. The molecule has 0 bridgehead atoms. The van der Waals surface area contributed by atoms with Crippen LogP contribution < -0.4 is 10.5 Å². The highest BCUT2D eigenvalue weighted by Crippen LogP contribution is 2.24. The first-order valence-electron chi connectivity index (χ1n) is 5.81. The summed E-state index contributed by atoms with van der Waals surface area (Å²) in [6.07, 6.45) is 2.36. The number of sulfonamides is 1. The summed E-state index contributed by atoms with van der Waals surface area (Å²) in [7, 11) is -4.02. The molecule has 0 aromatic heterocycles. The molecule has 0 fully saturated rings. The highest BCUT2D eigenvalue weighted by atomic mass is 35.5. The first-order chi connectivity index (χ1) is 9.38. The van der Waals surface area contributed by atoms with Gasteiger partial charge in [-0.15, -0.1) is 6.58 Å². The number of halogens is 2. The van der Waals surface area contributed by atoms with Crippen LogP contribution in [-0.2, 0) is 14.8 Å². The molecule has 0 saturated heterocycles. The van der Waals surface area contributed by atoms with Crippen molar-refractivity contribution in [2.45, 2.75) is 11.3 Å². The maximum Gasteiger partial charge on any atom is 0.243 e. The van der Waals surface area contributed by atoms with Gasteiger partial charge in [-0.1, -0.05) is 17.7 Å². The van der Waals surface area contributed by atoms with Crippen molar-refractivity contribution in [1.29, 1.82) is 0 Å². The minimum atomic E-state index is -4.02. The first-order valence-corrected chi connectivity index (χ1v) is 7.67. The Balaban J connectivity index is 2.67. The van der Waals surface area contributed by atoms with Gasteiger partial charge in [0.15, 0.2) is 5.82 Å². The molecular formula is C12H16ClFN2O3S. The molecule has 0 heterocycles. The lowest BCUT2D eigenvalue weighted by molar-refractivity contribution is 0.144. The second kappa shape index (κ2) is 7.58. The van der Waals surface area contributed by atoms with E-state index < -0.39 is 20.7 Å². The van der Waals surface area contributed by atoms with Gasteiger partial charge >= 0.3 is 0 Å². The molecule has 1 aromatic rings. The van der Waals surface area contributed by atoms with Crippen molar-refractivity contribution < 1.29 is 17.5 Å². The second-order valence-corrected chi connectivity index (χ2v) is 6.07. The number of benzene rings is 1. The number of nitrogen functional groups attached to an aromatic ring is 1. The van der Waals surface area contributed by atoms with Crippen LogP contribution in [0.5, 0.6) is 0 Å². The predicted molar refractivity (Wildman–Crippen MR) is 76.6 cm³/mol. The number of ether oxygens (including phenoxy) is 1. The summed E-state index contributed by atoms with van der Waals surface area (Å²) in [5.41, 5.74) is 5.02. The number of anilines is 1. The number of hydrogen-bond acceptors (Lipinski definition) is 4. The highest BCUT2D eigenvalue weighted by Gasteiger charge is 2.21. The molecule has 0 aliphatic rings. The third-order valence-corrected chi connectivity index (χ3v) is 4.00. The van der Waals surface area contributed by atoms with Crippen LogP contribution >= 0.6 is 11.6 Å². The lowest BCUT2D eigenvalue weighted by Crippen LogP contribution is -2.28. The zero-order valence-corrected chi connectivity index (χ0v) is 12.3. The molecule has 3 N–H and O–H groups in total. The SMILES string of the molecule is C=CCCOCCNS(=O)(=O)c1cc(Cl)cc(N)c1F. The summed E-state index contributed by atoms with van der Waals surface area (Å²) in [4.78, 5) is -0.575. The van der Waals surface area contributed by atoms with Crippen molar-refractivity contribution in [1.82, 2.24) is 4.72 Å². The lowest BCUT2D eigenvalue weighted by Gasteiger charge is -2.09. The first kappa shape index (κ1) is 16.9. The van der Waals surface area contributed by atoms with E-state index in [9.17, 15) is 12.8 Å². The number of rotatable bonds is 8. The van der Waals surface area contributed by atoms with E-state index in [-0.39, 0.29) is 23.9 Å². The third kappa shape index (κ3) is 4.75. The molecule has 112 valence electrons. The summed E-state index contributed by atoms with van der Waals surface area (Å²) >= 11 is 5.67. The van der Waals surface area contributed by atoms with Crippen LogP contribution in [0.2, 0.25) is 5.02 Å². The van der Waals surface area contributed by atoms with Crippen LogP contribution in [0, 0.1) is 5.82 Å². The van der Waals surface area contributed by atoms with Gasteiger partial charge in [-0.05, 0) is 18.6 Å². The van der Waals surface area contributed by atoms with Crippen LogP contribution in [-0.4, -0.2) is 28.2 Å². The van der Waals surface area contributed by atoms with Crippen molar-refractivity contribution in [3.05, 3.63) is 35.6 Å². The molecule has 1 rings (SSSR count). The molecule has 0 atom stereocenters. The van der Waals surface area contributed by atoms with E-state index in [4.69, 9.17) is 22.1 Å². The normalized spacial score (nSPS) is 11.5.